The van der Waals surface area contributed by atoms with Gasteiger partial charge in [0.2, 0.25) is 0 Å². The smallest absolute Gasteiger partial charge is 0.164 e. The maximum absolute atomic E-state index is 5.90. The number of morpholine rings is 1. The topological polar surface area (TPSA) is 40.2 Å². The normalized spacial score (nSPS) is 15.9. The van der Waals surface area contributed by atoms with Crippen LogP contribution in [0.15, 0.2) is 12.1 Å². The first-order valence-electron chi connectivity index (χ1n) is 6.90. The summed E-state index contributed by atoms with van der Waals surface area (Å²) >= 11 is 0. The molecule has 0 saturated carbocycles. The maximum atomic E-state index is 5.90. The van der Waals surface area contributed by atoms with Crippen LogP contribution in [-0.4, -0.2) is 58.6 Å². The summed E-state index contributed by atoms with van der Waals surface area (Å²) < 4.78 is 21.8. The number of rotatable bonds is 6. The van der Waals surface area contributed by atoms with Gasteiger partial charge in [0.05, 0.1) is 27.4 Å². The monoisotopic (exact) mass is 281 g/mol. The first-order valence-corrected chi connectivity index (χ1v) is 6.90. The van der Waals surface area contributed by atoms with E-state index in [9.17, 15) is 0 Å². The van der Waals surface area contributed by atoms with Crippen LogP contribution in [0.2, 0.25) is 0 Å². The molecule has 1 aliphatic heterocycles. The summed E-state index contributed by atoms with van der Waals surface area (Å²) in [7, 11) is 3.29. The molecule has 1 fully saturated rings. The Hall–Kier alpha value is -1.46. The molecule has 5 nitrogen and oxygen atoms in total. The highest BCUT2D eigenvalue weighted by Crippen LogP contribution is 2.35. The summed E-state index contributed by atoms with van der Waals surface area (Å²) in [6.07, 6.45) is 0. The summed E-state index contributed by atoms with van der Waals surface area (Å²) in [5, 5.41) is 0. The fourth-order valence-corrected chi connectivity index (χ4v) is 2.27. The van der Waals surface area contributed by atoms with Crippen LogP contribution in [0, 0.1) is 6.92 Å². The summed E-state index contributed by atoms with van der Waals surface area (Å²) in [5.74, 6) is 2.28. The molecule has 0 spiro atoms. The van der Waals surface area contributed by atoms with Gasteiger partial charge in [0.15, 0.2) is 11.5 Å². The van der Waals surface area contributed by atoms with Crippen molar-refractivity contribution in [1.29, 1.82) is 0 Å². The Morgan fingerprint density at radius 3 is 2.55 bits per heavy atom. The zero-order chi connectivity index (χ0) is 14.4. The molecule has 0 unspecified atom stereocenters. The molecule has 112 valence electrons. The summed E-state index contributed by atoms with van der Waals surface area (Å²) in [6, 6.07) is 3.80. The lowest BCUT2D eigenvalue weighted by atomic mass is 10.2. The number of ether oxygens (including phenoxy) is 4. The molecule has 0 aromatic heterocycles. The number of nitrogens with zero attached hydrogens (tertiary/aromatic N) is 1. The molecule has 1 saturated heterocycles. The highest BCUT2D eigenvalue weighted by Gasteiger charge is 2.13. The van der Waals surface area contributed by atoms with Crippen LogP contribution in [0.25, 0.3) is 0 Å². The second-order valence-corrected chi connectivity index (χ2v) is 4.78. The predicted molar refractivity (Wildman–Crippen MR) is 77.0 cm³/mol. The first-order chi connectivity index (χ1) is 9.74. The van der Waals surface area contributed by atoms with E-state index in [-0.39, 0.29) is 0 Å². The van der Waals surface area contributed by atoms with Crippen molar-refractivity contribution in [3.63, 3.8) is 0 Å². The van der Waals surface area contributed by atoms with E-state index in [1.807, 2.05) is 19.1 Å². The molecule has 0 radical (unpaired) electrons. The molecule has 1 aliphatic rings. The van der Waals surface area contributed by atoms with E-state index in [0.29, 0.717) is 12.4 Å². The van der Waals surface area contributed by atoms with Gasteiger partial charge in [-0.1, -0.05) is 0 Å². The lowest BCUT2D eigenvalue weighted by molar-refractivity contribution is 0.0320. The van der Waals surface area contributed by atoms with Crippen molar-refractivity contribution >= 4 is 0 Å². The van der Waals surface area contributed by atoms with Crippen molar-refractivity contribution in [2.24, 2.45) is 0 Å². The Kier molecular flexibility index (Phi) is 5.49. The Bertz CT molecular complexity index is 430. The van der Waals surface area contributed by atoms with E-state index in [0.717, 1.165) is 49.9 Å². The van der Waals surface area contributed by atoms with Crippen molar-refractivity contribution < 1.29 is 18.9 Å². The third kappa shape index (κ3) is 3.77. The maximum Gasteiger partial charge on any atom is 0.164 e. The minimum Gasteiger partial charge on any atom is -0.497 e. The third-order valence-corrected chi connectivity index (χ3v) is 3.43. The van der Waals surface area contributed by atoms with Crippen LogP contribution in [0.1, 0.15) is 5.56 Å². The Balaban J connectivity index is 1.94. The van der Waals surface area contributed by atoms with E-state index < -0.39 is 0 Å². The van der Waals surface area contributed by atoms with Crippen molar-refractivity contribution in [2.75, 3.05) is 53.7 Å². The van der Waals surface area contributed by atoms with Crippen molar-refractivity contribution in [2.45, 2.75) is 6.92 Å². The van der Waals surface area contributed by atoms with Gasteiger partial charge in [0.1, 0.15) is 12.4 Å². The molecule has 0 atom stereocenters. The molecule has 2 rings (SSSR count). The molecule has 1 aromatic rings. The van der Waals surface area contributed by atoms with Crippen LogP contribution >= 0.6 is 0 Å². The van der Waals surface area contributed by atoms with Crippen molar-refractivity contribution in [1.82, 2.24) is 4.90 Å². The van der Waals surface area contributed by atoms with Crippen LogP contribution < -0.4 is 14.2 Å². The molecule has 0 N–H and O–H groups in total. The number of benzene rings is 1. The highest BCUT2D eigenvalue weighted by molar-refractivity contribution is 5.51. The Morgan fingerprint density at radius 2 is 1.90 bits per heavy atom. The van der Waals surface area contributed by atoms with Gasteiger partial charge in [-0.2, -0.15) is 0 Å². The molecule has 5 heteroatoms. The van der Waals surface area contributed by atoms with Gasteiger partial charge in [0.25, 0.3) is 0 Å². The molecule has 0 aliphatic carbocycles. The molecule has 0 amide bonds. The first kappa shape index (κ1) is 14.9. The van der Waals surface area contributed by atoms with E-state index in [2.05, 4.69) is 4.90 Å². The lowest BCUT2D eigenvalue weighted by Crippen LogP contribution is -2.38. The van der Waals surface area contributed by atoms with Gasteiger partial charge in [0, 0.05) is 25.7 Å². The van der Waals surface area contributed by atoms with E-state index in [1.54, 1.807) is 14.2 Å². The van der Waals surface area contributed by atoms with Crippen molar-refractivity contribution in [3.8, 4) is 17.2 Å². The second-order valence-electron chi connectivity index (χ2n) is 4.78. The molecule has 1 heterocycles. The minimum absolute atomic E-state index is 0.642. The Labute approximate surface area is 120 Å². The zero-order valence-corrected chi connectivity index (χ0v) is 12.5. The molecule has 1 aromatic carbocycles. The lowest BCUT2D eigenvalue weighted by Gasteiger charge is -2.26. The standard InChI is InChI=1S/C15H23NO4/c1-12-10-13(17-2)11-14(18-3)15(12)20-9-6-16-4-7-19-8-5-16/h10-11H,4-9H2,1-3H3. The number of hydrogen-bond acceptors (Lipinski definition) is 5. The largest absolute Gasteiger partial charge is 0.497 e. The fraction of sp³-hybridized carbons (Fsp3) is 0.600. The summed E-state index contributed by atoms with van der Waals surface area (Å²) in [5.41, 5.74) is 1.02. The van der Waals surface area contributed by atoms with Gasteiger partial charge in [-0.05, 0) is 18.6 Å². The molecule has 0 bridgehead atoms. The van der Waals surface area contributed by atoms with E-state index in [1.165, 1.54) is 0 Å². The van der Waals surface area contributed by atoms with Gasteiger partial charge in [-0.3, -0.25) is 4.90 Å². The number of aryl methyl sites for hydroxylation is 1. The van der Waals surface area contributed by atoms with E-state index in [4.69, 9.17) is 18.9 Å². The Morgan fingerprint density at radius 1 is 1.15 bits per heavy atom. The summed E-state index contributed by atoms with van der Waals surface area (Å²) in [4.78, 5) is 2.34. The molecular formula is C15H23NO4. The minimum atomic E-state index is 0.642. The third-order valence-electron chi connectivity index (χ3n) is 3.43. The van der Waals surface area contributed by atoms with E-state index >= 15 is 0 Å². The van der Waals surface area contributed by atoms with Crippen LogP contribution in [0.5, 0.6) is 17.2 Å². The quantitative estimate of drug-likeness (QED) is 0.794. The number of methoxy groups -OCH3 is 2. The average molecular weight is 281 g/mol. The van der Waals surface area contributed by atoms with Gasteiger partial charge in [-0.15, -0.1) is 0 Å². The molecular weight excluding hydrogens is 258 g/mol. The van der Waals surface area contributed by atoms with Crippen LogP contribution in [0.3, 0.4) is 0 Å². The second kappa shape index (κ2) is 7.36. The summed E-state index contributed by atoms with van der Waals surface area (Å²) in [6.45, 7) is 7.11. The van der Waals surface area contributed by atoms with Crippen LogP contribution in [-0.2, 0) is 4.74 Å². The van der Waals surface area contributed by atoms with Gasteiger partial charge < -0.3 is 18.9 Å². The fourth-order valence-electron chi connectivity index (χ4n) is 2.27. The van der Waals surface area contributed by atoms with Crippen molar-refractivity contribution in [3.05, 3.63) is 17.7 Å². The zero-order valence-electron chi connectivity index (χ0n) is 12.5. The highest BCUT2D eigenvalue weighted by atomic mass is 16.5. The molecule has 20 heavy (non-hydrogen) atoms. The van der Waals surface area contributed by atoms with Gasteiger partial charge in [-0.25, -0.2) is 0 Å². The SMILES string of the molecule is COc1cc(C)c(OCCN2CCOCC2)c(OC)c1. The van der Waals surface area contributed by atoms with Crippen LogP contribution in [0.4, 0.5) is 0 Å². The van der Waals surface area contributed by atoms with Gasteiger partial charge >= 0.3 is 0 Å². The number of hydrogen-bond donors (Lipinski definition) is 0. The average Bonchev–Trinajstić information content (AvgIpc) is 2.49. The predicted octanol–water partition coefficient (Wildman–Crippen LogP) is 1.72.